The first-order valence-electron chi connectivity index (χ1n) is 6.54. The van der Waals surface area contributed by atoms with E-state index in [4.69, 9.17) is 0 Å². The lowest BCUT2D eigenvalue weighted by Gasteiger charge is -2.25. The number of nitrogens with zero attached hydrogens (tertiary/aromatic N) is 1. The largest absolute Gasteiger partial charge is 0.339 e. The average Bonchev–Trinajstić information content (AvgIpc) is 2.58. The summed E-state index contributed by atoms with van der Waals surface area (Å²) >= 11 is 0. The van der Waals surface area contributed by atoms with Gasteiger partial charge in [-0.25, -0.2) is 0 Å². The molecule has 0 saturated carbocycles. The molecule has 0 aromatic rings. The van der Waals surface area contributed by atoms with Gasteiger partial charge in [0, 0.05) is 12.6 Å². The van der Waals surface area contributed by atoms with E-state index in [9.17, 15) is 4.79 Å². The van der Waals surface area contributed by atoms with Crippen LogP contribution in [-0.2, 0) is 4.79 Å². The van der Waals surface area contributed by atoms with Gasteiger partial charge in [-0.2, -0.15) is 0 Å². The van der Waals surface area contributed by atoms with Crippen LogP contribution in [0.4, 0.5) is 0 Å². The fourth-order valence-electron chi connectivity index (χ4n) is 2.38. The summed E-state index contributed by atoms with van der Waals surface area (Å²) in [7, 11) is 1.87. The number of carbonyl (C=O) groups excluding carboxylic acids is 1. The normalized spacial score (nSPS) is 23.2. The van der Waals surface area contributed by atoms with Crippen molar-refractivity contribution in [1.29, 1.82) is 0 Å². The van der Waals surface area contributed by atoms with Crippen molar-refractivity contribution in [3.63, 3.8) is 0 Å². The van der Waals surface area contributed by atoms with Crippen LogP contribution >= 0.6 is 0 Å². The van der Waals surface area contributed by atoms with E-state index in [1.54, 1.807) is 0 Å². The molecule has 1 saturated heterocycles. The molecule has 0 spiro atoms. The fraction of sp³-hybridized carbons (Fsp3) is 0.923. The lowest BCUT2D eigenvalue weighted by atomic mass is 10.0. The molecule has 2 unspecified atom stereocenters. The Morgan fingerprint density at radius 2 is 2.06 bits per heavy atom. The van der Waals surface area contributed by atoms with Crippen molar-refractivity contribution in [2.75, 3.05) is 13.6 Å². The third-order valence-corrected chi connectivity index (χ3v) is 3.52. The highest BCUT2D eigenvalue weighted by atomic mass is 16.2. The molecule has 3 nitrogen and oxygen atoms in total. The molecule has 1 rings (SSSR count). The molecule has 1 N–H and O–H groups in total. The zero-order valence-electron chi connectivity index (χ0n) is 11.1. The Hall–Kier alpha value is -0.570. The van der Waals surface area contributed by atoms with Gasteiger partial charge < -0.3 is 10.2 Å². The Morgan fingerprint density at radius 3 is 2.56 bits per heavy atom. The van der Waals surface area contributed by atoms with Gasteiger partial charge in [-0.15, -0.1) is 0 Å². The minimum absolute atomic E-state index is 0.0625. The third-order valence-electron chi connectivity index (χ3n) is 3.52. The van der Waals surface area contributed by atoms with Gasteiger partial charge in [-0.1, -0.05) is 26.7 Å². The fourth-order valence-corrected chi connectivity index (χ4v) is 2.38. The molecule has 94 valence electrons. The zero-order chi connectivity index (χ0) is 12.1. The first-order chi connectivity index (χ1) is 7.56. The van der Waals surface area contributed by atoms with Gasteiger partial charge in [0.05, 0.1) is 6.04 Å². The molecule has 16 heavy (non-hydrogen) atoms. The highest BCUT2D eigenvalue weighted by Gasteiger charge is 2.32. The lowest BCUT2D eigenvalue weighted by Crippen LogP contribution is -2.40. The summed E-state index contributed by atoms with van der Waals surface area (Å²) in [6.07, 6.45) is 4.60. The smallest absolute Gasteiger partial charge is 0.240 e. The molecule has 0 radical (unpaired) electrons. The molecule has 3 heteroatoms. The first-order valence-corrected chi connectivity index (χ1v) is 6.54. The summed E-state index contributed by atoms with van der Waals surface area (Å²) in [5.74, 6) is 1.06. The predicted octanol–water partition coefficient (Wildman–Crippen LogP) is 2.02. The highest BCUT2D eigenvalue weighted by molar-refractivity contribution is 5.84. The summed E-state index contributed by atoms with van der Waals surface area (Å²) < 4.78 is 0. The van der Waals surface area contributed by atoms with Gasteiger partial charge in [-0.3, -0.25) is 4.79 Å². The minimum atomic E-state index is 0.0625. The molecule has 2 atom stereocenters. The molecule has 0 aromatic carbocycles. The van der Waals surface area contributed by atoms with Crippen molar-refractivity contribution in [3.8, 4) is 0 Å². The van der Waals surface area contributed by atoms with E-state index in [0.717, 1.165) is 25.3 Å². The van der Waals surface area contributed by atoms with Crippen molar-refractivity contribution < 1.29 is 4.79 Å². The van der Waals surface area contributed by atoms with Gasteiger partial charge in [0.1, 0.15) is 0 Å². The minimum Gasteiger partial charge on any atom is -0.339 e. The van der Waals surface area contributed by atoms with Crippen molar-refractivity contribution in [1.82, 2.24) is 10.2 Å². The van der Waals surface area contributed by atoms with Crippen LogP contribution in [0.3, 0.4) is 0 Å². The molecular weight excluding hydrogens is 200 g/mol. The van der Waals surface area contributed by atoms with Crippen LogP contribution < -0.4 is 5.32 Å². The molecule has 0 aliphatic carbocycles. The van der Waals surface area contributed by atoms with Gasteiger partial charge in [0.25, 0.3) is 0 Å². The quantitative estimate of drug-likeness (QED) is 0.751. The predicted molar refractivity (Wildman–Crippen MR) is 67.3 cm³/mol. The lowest BCUT2D eigenvalue weighted by molar-refractivity contribution is -0.131. The van der Waals surface area contributed by atoms with Gasteiger partial charge in [-0.05, 0) is 32.7 Å². The maximum absolute atomic E-state index is 11.9. The number of nitrogens with one attached hydrogen (secondary N) is 1. The topological polar surface area (TPSA) is 32.3 Å². The van der Waals surface area contributed by atoms with Crippen LogP contribution in [0.15, 0.2) is 0 Å². The van der Waals surface area contributed by atoms with E-state index in [1.807, 2.05) is 11.9 Å². The number of carbonyl (C=O) groups is 1. The van der Waals surface area contributed by atoms with Crippen LogP contribution in [0.1, 0.15) is 46.5 Å². The van der Waals surface area contributed by atoms with Crippen molar-refractivity contribution in [2.24, 2.45) is 5.92 Å². The summed E-state index contributed by atoms with van der Waals surface area (Å²) in [5, 5.41) is 3.08. The SMILES string of the molecule is CNC1CCN(C(C)CCCC(C)C)C1=O. The summed E-state index contributed by atoms with van der Waals surface area (Å²) in [6, 6.07) is 0.470. The first kappa shape index (κ1) is 13.5. The Kier molecular flexibility index (Phi) is 5.26. The van der Waals surface area contributed by atoms with Gasteiger partial charge in [0.2, 0.25) is 5.91 Å². The van der Waals surface area contributed by atoms with Crippen LogP contribution in [0.5, 0.6) is 0 Å². The second-order valence-electron chi connectivity index (χ2n) is 5.34. The molecule has 1 fully saturated rings. The van der Waals surface area contributed by atoms with Crippen LogP contribution in [0.2, 0.25) is 0 Å². The Balaban J connectivity index is 2.32. The van der Waals surface area contributed by atoms with Crippen molar-refractivity contribution >= 4 is 5.91 Å². The Labute approximate surface area is 99.6 Å². The van der Waals surface area contributed by atoms with E-state index in [1.165, 1.54) is 12.8 Å². The summed E-state index contributed by atoms with van der Waals surface area (Å²) in [5.41, 5.74) is 0. The second kappa shape index (κ2) is 6.24. The molecule has 1 amide bonds. The number of hydrogen-bond donors (Lipinski definition) is 1. The van der Waals surface area contributed by atoms with E-state index >= 15 is 0 Å². The van der Waals surface area contributed by atoms with Gasteiger partial charge in [0.15, 0.2) is 0 Å². The van der Waals surface area contributed by atoms with E-state index in [0.29, 0.717) is 11.9 Å². The van der Waals surface area contributed by atoms with E-state index in [2.05, 4.69) is 26.1 Å². The Morgan fingerprint density at radius 1 is 1.38 bits per heavy atom. The number of likely N-dealkylation sites (tertiary alicyclic amines) is 1. The van der Waals surface area contributed by atoms with Crippen LogP contribution in [0.25, 0.3) is 0 Å². The molecule has 1 aliphatic heterocycles. The number of likely N-dealkylation sites (N-methyl/N-ethyl adjacent to an activating group) is 1. The number of rotatable bonds is 6. The summed E-state index contributed by atoms with van der Waals surface area (Å²) in [4.78, 5) is 14.0. The zero-order valence-corrected chi connectivity index (χ0v) is 11.1. The van der Waals surface area contributed by atoms with Crippen molar-refractivity contribution in [3.05, 3.63) is 0 Å². The van der Waals surface area contributed by atoms with Crippen LogP contribution in [-0.4, -0.2) is 36.5 Å². The monoisotopic (exact) mass is 226 g/mol. The Bertz CT molecular complexity index is 228. The second-order valence-corrected chi connectivity index (χ2v) is 5.34. The van der Waals surface area contributed by atoms with E-state index in [-0.39, 0.29) is 6.04 Å². The van der Waals surface area contributed by atoms with Crippen molar-refractivity contribution in [2.45, 2.75) is 58.5 Å². The maximum atomic E-state index is 11.9. The molecule has 1 heterocycles. The number of hydrogen-bond acceptors (Lipinski definition) is 2. The van der Waals surface area contributed by atoms with E-state index < -0.39 is 0 Å². The molecule has 1 aliphatic rings. The molecule has 0 bridgehead atoms. The average molecular weight is 226 g/mol. The van der Waals surface area contributed by atoms with Gasteiger partial charge >= 0.3 is 0 Å². The molecular formula is C13H26N2O. The summed E-state index contributed by atoms with van der Waals surface area (Å²) in [6.45, 7) is 7.61. The molecule has 0 aromatic heterocycles. The third kappa shape index (κ3) is 3.48. The maximum Gasteiger partial charge on any atom is 0.240 e. The van der Waals surface area contributed by atoms with Crippen LogP contribution in [0, 0.1) is 5.92 Å². The number of amides is 1. The standard InChI is InChI=1S/C13H26N2O/c1-10(2)6-5-7-11(3)15-9-8-12(14-4)13(15)16/h10-12,14H,5-9H2,1-4H3. The highest BCUT2D eigenvalue weighted by Crippen LogP contribution is 2.18.